The zero-order valence-electron chi connectivity index (χ0n) is 15.6. The van der Waals surface area contributed by atoms with Gasteiger partial charge in [-0.2, -0.15) is 0 Å². The molecule has 1 aliphatic rings. The van der Waals surface area contributed by atoms with Crippen molar-refractivity contribution in [2.24, 2.45) is 0 Å². The van der Waals surface area contributed by atoms with Crippen molar-refractivity contribution < 1.29 is 9.53 Å². The van der Waals surface area contributed by atoms with E-state index in [0.717, 1.165) is 31.6 Å². The average Bonchev–Trinajstić information content (AvgIpc) is 2.45. The van der Waals surface area contributed by atoms with Gasteiger partial charge >= 0.3 is 0 Å². The molecule has 3 nitrogen and oxygen atoms in total. The highest BCUT2D eigenvalue weighted by molar-refractivity contribution is 6.48. The van der Waals surface area contributed by atoms with Crippen molar-refractivity contribution in [2.45, 2.75) is 71.2 Å². The average molecular weight is 336 g/mol. The van der Waals surface area contributed by atoms with E-state index in [1.807, 2.05) is 0 Å². The number of nitrogens with zero attached hydrogens (tertiary/aromatic N) is 1. The van der Waals surface area contributed by atoms with E-state index < -0.39 is 9.04 Å². The minimum atomic E-state index is -0.973. The minimum absolute atomic E-state index is 0.0712. The maximum Gasteiger partial charge on any atom is 0.170 e. The van der Waals surface area contributed by atoms with E-state index in [4.69, 9.17) is 4.43 Å². The Morgan fingerprint density at radius 3 is 2.57 bits per heavy atom. The molecule has 0 spiro atoms. The molecule has 23 heavy (non-hydrogen) atoms. The molecule has 0 bridgehead atoms. The highest BCUT2D eigenvalue weighted by atomic mass is 28.3. The van der Waals surface area contributed by atoms with E-state index in [-0.39, 0.29) is 11.5 Å². The summed E-state index contributed by atoms with van der Waals surface area (Å²) in [6, 6.07) is 6.75. The molecule has 1 aromatic carbocycles. The van der Waals surface area contributed by atoms with Gasteiger partial charge < -0.3 is 14.4 Å². The maximum absolute atomic E-state index is 10.7. The lowest BCUT2D eigenvalue weighted by molar-refractivity contribution is 0.142. The lowest BCUT2D eigenvalue weighted by atomic mass is 9.80. The molecule has 1 heterocycles. The maximum atomic E-state index is 10.7. The lowest BCUT2D eigenvalue weighted by Gasteiger charge is -2.43. The van der Waals surface area contributed by atoms with Crippen LogP contribution in [-0.2, 0) is 9.84 Å². The van der Waals surface area contributed by atoms with Crippen LogP contribution < -0.4 is 4.90 Å². The van der Waals surface area contributed by atoms with E-state index >= 15 is 0 Å². The predicted molar refractivity (Wildman–Crippen MR) is 101 cm³/mol. The first-order chi connectivity index (χ1) is 10.8. The summed E-state index contributed by atoms with van der Waals surface area (Å²) in [6.07, 6.45) is 1.43. The molecule has 130 valence electrons. The molecule has 0 radical (unpaired) electrons. The topological polar surface area (TPSA) is 32.7 Å². The number of rotatable bonds is 5. The minimum Gasteiger partial charge on any atom is -0.421 e. The fourth-order valence-electron chi connectivity index (χ4n) is 3.58. The molecule has 0 saturated heterocycles. The van der Waals surface area contributed by atoms with Crippen molar-refractivity contribution in [3.8, 4) is 0 Å². The van der Waals surface area contributed by atoms with Crippen molar-refractivity contribution in [3.63, 3.8) is 0 Å². The van der Waals surface area contributed by atoms with Gasteiger partial charge in [-0.05, 0) is 43.8 Å². The summed E-state index contributed by atoms with van der Waals surface area (Å²) in [5.74, 6) is 0. The molecule has 0 fully saturated rings. The summed E-state index contributed by atoms with van der Waals surface area (Å²) in [4.78, 5) is 2.49. The van der Waals surface area contributed by atoms with Crippen molar-refractivity contribution in [3.05, 3.63) is 29.3 Å². The van der Waals surface area contributed by atoms with Crippen LogP contribution in [0.2, 0.25) is 13.1 Å². The summed E-state index contributed by atoms with van der Waals surface area (Å²) < 4.78 is 5.89. The summed E-state index contributed by atoms with van der Waals surface area (Å²) in [7, 11) is -0.973. The molecule has 1 aromatic rings. The molecule has 0 amide bonds. The molecule has 0 aliphatic carbocycles. The first-order valence-electron chi connectivity index (χ1n) is 8.95. The summed E-state index contributed by atoms with van der Waals surface area (Å²) in [6.45, 7) is 15.2. The first-order valence-corrected chi connectivity index (χ1v) is 11.7. The second kappa shape index (κ2) is 7.37. The van der Waals surface area contributed by atoms with E-state index in [1.165, 1.54) is 11.3 Å². The Labute approximate surface area is 143 Å². The molecule has 1 aliphatic heterocycles. The summed E-state index contributed by atoms with van der Waals surface area (Å²) >= 11 is 0. The fourth-order valence-corrected chi connectivity index (χ4v) is 4.19. The van der Waals surface area contributed by atoms with Crippen LogP contribution in [-0.4, -0.2) is 33.3 Å². The van der Waals surface area contributed by atoms with Gasteiger partial charge in [0.1, 0.15) is 0 Å². The number of benzene rings is 1. The number of anilines is 1. The number of aliphatic hydroxyl groups is 1. The smallest absolute Gasteiger partial charge is 0.170 e. The van der Waals surface area contributed by atoms with Gasteiger partial charge in [-0.3, -0.25) is 0 Å². The van der Waals surface area contributed by atoms with Crippen LogP contribution in [0, 0.1) is 0 Å². The molecule has 2 unspecified atom stereocenters. The second-order valence-electron chi connectivity index (χ2n) is 7.89. The van der Waals surface area contributed by atoms with E-state index in [1.54, 1.807) is 0 Å². The Morgan fingerprint density at radius 1 is 1.30 bits per heavy atom. The van der Waals surface area contributed by atoms with Gasteiger partial charge in [-0.15, -0.1) is 0 Å². The van der Waals surface area contributed by atoms with E-state index in [9.17, 15) is 5.11 Å². The van der Waals surface area contributed by atoms with Crippen LogP contribution in [0.25, 0.3) is 0 Å². The highest BCUT2D eigenvalue weighted by Gasteiger charge is 2.34. The third kappa shape index (κ3) is 4.17. The van der Waals surface area contributed by atoms with Crippen molar-refractivity contribution >= 4 is 14.7 Å². The molecular formula is C19H33NO2Si. The molecular weight excluding hydrogens is 302 g/mol. The Bertz CT molecular complexity index is 525. The van der Waals surface area contributed by atoms with Gasteiger partial charge in [-0.1, -0.05) is 39.0 Å². The van der Waals surface area contributed by atoms with Crippen LogP contribution in [0.3, 0.4) is 0 Å². The molecule has 0 saturated carbocycles. The van der Waals surface area contributed by atoms with Crippen molar-refractivity contribution in [1.82, 2.24) is 0 Å². The number of fused-ring (bicyclic) bond motifs is 1. The van der Waals surface area contributed by atoms with Gasteiger partial charge in [0.15, 0.2) is 9.04 Å². The van der Waals surface area contributed by atoms with Gasteiger partial charge in [0.05, 0.1) is 6.10 Å². The largest absolute Gasteiger partial charge is 0.421 e. The van der Waals surface area contributed by atoms with E-state index in [2.05, 4.69) is 63.9 Å². The van der Waals surface area contributed by atoms with Crippen LogP contribution in [0.4, 0.5) is 5.69 Å². The molecule has 2 rings (SSSR count). The SMILES string of the molecule is CCN1c2c(cccc2C(C)(C)C)C(O)CC1CCO[SiH](C)C. The monoisotopic (exact) mass is 335 g/mol. The number of hydrogen-bond acceptors (Lipinski definition) is 3. The standard InChI is InChI=1S/C19H33NO2Si/c1-7-20-14(11-12-22-23(5)6)13-17(21)15-9-8-10-16(18(15)20)19(2,3)4/h8-10,14,17,21,23H,7,11-13H2,1-6H3. The Kier molecular flexibility index (Phi) is 5.92. The quantitative estimate of drug-likeness (QED) is 0.825. The zero-order chi connectivity index (χ0) is 17.2. The molecule has 0 aromatic heterocycles. The van der Waals surface area contributed by atoms with Gasteiger partial charge in [-0.25, -0.2) is 0 Å². The third-order valence-electron chi connectivity index (χ3n) is 4.70. The number of para-hydroxylation sites is 1. The lowest BCUT2D eigenvalue weighted by Crippen LogP contribution is -2.43. The number of hydrogen-bond donors (Lipinski definition) is 1. The van der Waals surface area contributed by atoms with Gasteiger partial charge in [0.25, 0.3) is 0 Å². The van der Waals surface area contributed by atoms with Gasteiger partial charge in [0.2, 0.25) is 0 Å². The molecule has 1 N–H and O–H groups in total. The Morgan fingerprint density at radius 2 is 2.00 bits per heavy atom. The normalized spacial score (nSPS) is 21.7. The van der Waals surface area contributed by atoms with Crippen molar-refractivity contribution in [1.29, 1.82) is 0 Å². The molecule has 4 heteroatoms. The zero-order valence-corrected chi connectivity index (χ0v) is 16.7. The van der Waals surface area contributed by atoms with Crippen LogP contribution >= 0.6 is 0 Å². The highest BCUT2D eigenvalue weighted by Crippen LogP contribution is 2.43. The summed E-state index contributed by atoms with van der Waals surface area (Å²) in [5, 5.41) is 10.7. The van der Waals surface area contributed by atoms with Crippen LogP contribution in [0.15, 0.2) is 18.2 Å². The van der Waals surface area contributed by atoms with Crippen molar-refractivity contribution in [2.75, 3.05) is 18.1 Å². The fraction of sp³-hybridized carbons (Fsp3) is 0.684. The van der Waals surface area contributed by atoms with Crippen LogP contribution in [0.1, 0.15) is 57.8 Å². The predicted octanol–water partition coefficient (Wildman–Crippen LogP) is 4.01. The Balaban J connectivity index is 2.35. The Hall–Kier alpha value is -0.843. The van der Waals surface area contributed by atoms with Gasteiger partial charge in [0, 0.05) is 30.4 Å². The van der Waals surface area contributed by atoms with E-state index in [0.29, 0.717) is 6.04 Å². The summed E-state index contributed by atoms with van der Waals surface area (Å²) in [5.41, 5.74) is 3.75. The van der Waals surface area contributed by atoms with Crippen LogP contribution in [0.5, 0.6) is 0 Å². The number of aliphatic hydroxyl groups excluding tert-OH is 1. The third-order valence-corrected chi connectivity index (χ3v) is 5.60. The second-order valence-corrected chi connectivity index (χ2v) is 10.3. The first kappa shape index (κ1) is 18.5. The molecule has 2 atom stereocenters.